The number of nitrogens with two attached hydrogens (primary N) is 1. The Morgan fingerprint density at radius 3 is 2.23 bits per heavy atom. The van der Waals surface area contributed by atoms with Crippen LogP contribution in [0.4, 0.5) is 18.9 Å². The van der Waals surface area contributed by atoms with Gasteiger partial charge in [0.1, 0.15) is 17.6 Å². The number of alkyl halides is 3. The maximum Gasteiger partial charge on any atom is 0.491 e. The van der Waals surface area contributed by atoms with Crippen molar-refractivity contribution in [2.24, 2.45) is 5.73 Å². The normalized spacial score (nSPS) is 11.7. The standard InChI is InChI=1S/C29H30F3N5O6/c1-4-41-23-14-18(10-13-21(23)42-16(2)3)24(27(39)37-36-26(38)17-8-6-5-7-9-17)35-19-11-12-20(25(33)34)22(15-19)43-28(40)29(30,31)32/h5-16,24,35H,4H2,1-3H3,(H3,33,34)(H,36,38)(H,37,39). The van der Waals surface area contributed by atoms with Crippen LogP contribution in [0.1, 0.15) is 48.3 Å². The number of ether oxygens (including phenoxy) is 3. The van der Waals surface area contributed by atoms with Crippen molar-refractivity contribution in [3.05, 3.63) is 83.4 Å². The third kappa shape index (κ3) is 8.86. The van der Waals surface area contributed by atoms with Crippen molar-refractivity contribution in [1.82, 2.24) is 10.9 Å². The largest absolute Gasteiger partial charge is 0.491 e. The number of hydrogen-bond donors (Lipinski definition) is 5. The number of amides is 2. The van der Waals surface area contributed by atoms with E-state index in [1.54, 1.807) is 49.4 Å². The first-order valence-electron chi connectivity index (χ1n) is 12.9. The lowest BCUT2D eigenvalue weighted by Gasteiger charge is -2.23. The van der Waals surface area contributed by atoms with Gasteiger partial charge in [-0.1, -0.05) is 24.3 Å². The van der Waals surface area contributed by atoms with Gasteiger partial charge in [0.25, 0.3) is 11.8 Å². The maximum atomic E-state index is 13.4. The number of benzene rings is 3. The zero-order chi connectivity index (χ0) is 31.7. The average Bonchev–Trinajstić information content (AvgIpc) is 2.95. The predicted molar refractivity (Wildman–Crippen MR) is 151 cm³/mol. The van der Waals surface area contributed by atoms with Gasteiger partial charge in [0.15, 0.2) is 11.5 Å². The number of nitrogens with one attached hydrogen (secondary N) is 4. The maximum absolute atomic E-state index is 13.4. The van der Waals surface area contributed by atoms with Crippen LogP contribution in [0, 0.1) is 5.41 Å². The van der Waals surface area contributed by atoms with E-state index in [4.69, 9.17) is 20.6 Å². The number of hydrazine groups is 1. The molecule has 6 N–H and O–H groups in total. The van der Waals surface area contributed by atoms with E-state index >= 15 is 0 Å². The van der Waals surface area contributed by atoms with Crippen molar-refractivity contribution in [1.29, 1.82) is 5.41 Å². The molecule has 1 atom stereocenters. The number of hydrogen-bond acceptors (Lipinski definition) is 8. The Hall–Kier alpha value is -5.27. The van der Waals surface area contributed by atoms with Gasteiger partial charge in [-0.25, -0.2) is 4.79 Å². The van der Waals surface area contributed by atoms with E-state index < -0.39 is 41.6 Å². The van der Waals surface area contributed by atoms with Crippen molar-refractivity contribution in [3.8, 4) is 17.2 Å². The fraction of sp³-hybridized carbons (Fsp3) is 0.241. The van der Waals surface area contributed by atoms with Crippen molar-refractivity contribution in [2.75, 3.05) is 11.9 Å². The highest BCUT2D eigenvalue weighted by atomic mass is 19.4. The molecule has 1 unspecified atom stereocenters. The van der Waals surface area contributed by atoms with Gasteiger partial charge in [-0.05, 0) is 62.7 Å². The van der Waals surface area contributed by atoms with Gasteiger partial charge in [0, 0.05) is 17.3 Å². The fourth-order valence-corrected chi connectivity index (χ4v) is 3.72. The number of anilines is 1. The molecule has 0 saturated carbocycles. The zero-order valence-corrected chi connectivity index (χ0v) is 23.4. The van der Waals surface area contributed by atoms with E-state index in [1.807, 2.05) is 13.8 Å². The van der Waals surface area contributed by atoms with Crippen LogP contribution < -0.4 is 36.1 Å². The van der Waals surface area contributed by atoms with Crippen LogP contribution in [-0.4, -0.2) is 42.5 Å². The summed E-state index contributed by atoms with van der Waals surface area (Å²) in [5.74, 6) is -4.49. The van der Waals surface area contributed by atoms with Gasteiger partial charge < -0.3 is 25.3 Å². The second-order valence-electron chi connectivity index (χ2n) is 9.20. The molecule has 228 valence electrons. The number of esters is 1. The molecule has 0 aliphatic carbocycles. The summed E-state index contributed by atoms with van der Waals surface area (Å²) in [6.45, 7) is 5.68. The van der Waals surface area contributed by atoms with E-state index in [0.717, 1.165) is 12.1 Å². The van der Waals surface area contributed by atoms with Crippen LogP contribution in [0.3, 0.4) is 0 Å². The Balaban J connectivity index is 2.00. The highest BCUT2D eigenvalue weighted by Gasteiger charge is 2.42. The molecule has 0 aliphatic rings. The summed E-state index contributed by atoms with van der Waals surface area (Å²) in [5, 5.41) is 10.5. The number of carbonyl (C=O) groups excluding carboxylic acids is 3. The third-order valence-electron chi connectivity index (χ3n) is 5.58. The summed E-state index contributed by atoms with van der Waals surface area (Å²) in [6, 6.07) is 15.0. The molecule has 14 heteroatoms. The predicted octanol–water partition coefficient (Wildman–Crippen LogP) is 4.24. The summed E-state index contributed by atoms with van der Waals surface area (Å²) >= 11 is 0. The molecule has 3 aromatic rings. The molecule has 0 aromatic heterocycles. The summed E-state index contributed by atoms with van der Waals surface area (Å²) in [4.78, 5) is 37.5. The Labute approximate surface area is 245 Å². The molecule has 0 radical (unpaired) electrons. The van der Waals surface area contributed by atoms with Crippen molar-refractivity contribution >= 4 is 29.3 Å². The van der Waals surface area contributed by atoms with Gasteiger partial charge >= 0.3 is 12.1 Å². The molecule has 2 amide bonds. The lowest BCUT2D eigenvalue weighted by molar-refractivity contribution is -0.189. The summed E-state index contributed by atoms with van der Waals surface area (Å²) in [6.07, 6.45) is -5.50. The molecule has 0 heterocycles. The molecule has 0 spiro atoms. The van der Waals surface area contributed by atoms with Crippen LogP contribution in [-0.2, 0) is 9.59 Å². The summed E-state index contributed by atoms with van der Waals surface area (Å²) in [7, 11) is 0. The smallest absolute Gasteiger partial charge is 0.490 e. The first kappa shape index (κ1) is 32.2. The van der Waals surface area contributed by atoms with Crippen molar-refractivity contribution in [2.45, 2.75) is 39.1 Å². The van der Waals surface area contributed by atoms with Crippen LogP contribution in [0.25, 0.3) is 0 Å². The Morgan fingerprint density at radius 1 is 0.930 bits per heavy atom. The summed E-state index contributed by atoms with van der Waals surface area (Å²) < 4.78 is 54.7. The van der Waals surface area contributed by atoms with Crippen LogP contribution in [0.5, 0.6) is 17.2 Å². The molecule has 11 nitrogen and oxygen atoms in total. The Kier molecular flexibility index (Phi) is 10.6. The SMILES string of the molecule is CCOc1cc(C(Nc2ccc(C(=N)N)c(OC(=O)C(F)(F)F)c2)C(=O)NNC(=O)c2ccccc2)ccc1OC(C)C. The van der Waals surface area contributed by atoms with E-state index in [-0.39, 0.29) is 29.5 Å². The van der Waals surface area contributed by atoms with Gasteiger partial charge in [-0.3, -0.25) is 25.8 Å². The zero-order valence-electron chi connectivity index (χ0n) is 23.4. The second-order valence-corrected chi connectivity index (χ2v) is 9.20. The first-order chi connectivity index (χ1) is 20.3. The highest BCUT2D eigenvalue weighted by Crippen LogP contribution is 2.34. The van der Waals surface area contributed by atoms with Gasteiger partial charge in [0.2, 0.25) is 0 Å². The molecule has 0 fully saturated rings. The minimum absolute atomic E-state index is 0.0185. The van der Waals surface area contributed by atoms with Gasteiger partial charge in [-0.15, -0.1) is 0 Å². The Bertz CT molecular complexity index is 1480. The number of nitrogen functional groups attached to an aromatic ring is 1. The second kappa shape index (κ2) is 14.1. The molecule has 3 rings (SSSR count). The van der Waals surface area contributed by atoms with Gasteiger partial charge in [0.05, 0.1) is 18.3 Å². The molecule has 3 aromatic carbocycles. The average molecular weight is 602 g/mol. The molecule has 43 heavy (non-hydrogen) atoms. The monoisotopic (exact) mass is 601 g/mol. The molecule has 0 saturated heterocycles. The topological polar surface area (TPSA) is 165 Å². The van der Waals surface area contributed by atoms with E-state index in [2.05, 4.69) is 20.9 Å². The van der Waals surface area contributed by atoms with E-state index in [1.165, 1.54) is 12.1 Å². The first-order valence-corrected chi connectivity index (χ1v) is 12.9. The van der Waals surface area contributed by atoms with E-state index in [0.29, 0.717) is 17.1 Å². The van der Waals surface area contributed by atoms with E-state index in [9.17, 15) is 27.6 Å². The number of amidine groups is 1. The third-order valence-corrected chi connectivity index (χ3v) is 5.58. The molecular formula is C29H30F3N5O6. The molecule has 0 bridgehead atoms. The number of rotatable bonds is 11. The van der Waals surface area contributed by atoms with Crippen LogP contribution in [0.15, 0.2) is 66.7 Å². The van der Waals surface area contributed by atoms with Gasteiger partial charge in [-0.2, -0.15) is 13.2 Å². The lowest BCUT2D eigenvalue weighted by atomic mass is 10.0. The van der Waals surface area contributed by atoms with Crippen LogP contribution in [0.2, 0.25) is 0 Å². The summed E-state index contributed by atoms with van der Waals surface area (Å²) in [5.41, 5.74) is 10.4. The minimum atomic E-state index is -5.31. The quantitative estimate of drug-likeness (QED) is 0.0716. The molecule has 0 aliphatic heterocycles. The van der Waals surface area contributed by atoms with Crippen LogP contribution >= 0.6 is 0 Å². The molecular weight excluding hydrogens is 571 g/mol. The fourth-order valence-electron chi connectivity index (χ4n) is 3.72. The van der Waals surface area contributed by atoms with Crippen molar-refractivity contribution in [3.63, 3.8) is 0 Å². The minimum Gasteiger partial charge on any atom is -0.490 e. The highest BCUT2D eigenvalue weighted by molar-refractivity contribution is 5.99. The Morgan fingerprint density at radius 2 is 1.63 bits per heavy atom. The van der Waals surface area contributed by atoms with Crippen molar-refractivity contribution < 1.29 is 41.8 Å². The lowest BCUT2D eigenvalue weighted by Crippen LogP contribution is -2.45. The number of carbonyl (C=O) groups is 3. The number of halogens is 3.